The Bertz CT molecular complexity index is 1540. The molecule has 2 aromatic carbocycles. The van der Waals surface area contributed by atoms with E-state index < -0.39 is 6.04 Å². The molecule has 2 aromatic rings. The molecular weight excluding hydrogens is 770 g/mol. The summed E-state index contributed by atoms with van der Waals surface area (Å²) < 4.78 is 6.92. The molecule has 2 N–H and O–H groups in total. The van der Waals surface area contributed by atoms with Crippen LogP contribution < -0.4 is 10.6 Å². The van der Waals surface area contributed by atoms with Crippen molar-refractivity contribution in [3.63, 3.8) is 0 Å². The van der Waals surface area contributed by atoms with E-state index in [1.54, 1.807) is 4.90 Å². The van der Waals surface area contributed by atoms with Crippen molar-refractivity contribution in [3.05, 3.63) is 62.5 Å². The fraction of sp³-hybridized carbons (Fsp3) is 0.556. The highest BCUT2D eigenvalue weighted by atomic mass is 79.9. The molecule has 0 saturated carbocycles. The number of benzene rings is 2. The zero-order chi connectivity index (χ0) is 35.2. The van der Waals surface area contributed by atoms with Crippen LogP contribution in [0.5, 0.6) is 0 Å². The number of ether oxygens (including phenoxy) is 1. The van der Waals surface area contributed by atoms with Gasteiger partial charge in [-0.15, -0.1) is 0 Å². The number of piperidine rings is 2. The summed E-state index contributed by atoms with van der Waals surface area (Å²) >= 11 is 7.11. The lowest BCUT2D eigenvalue weighted by atomic mass is 9.99. The predicted molar refractivity (Wildman–Crippen MR) is 198 cm³/mol. The molecule has 0 bridgehead atoms. The summed E-state index contributed by atoms with van der Waals surface area (Å²) in [5.41, 5.74) is 2.89. The molecule has 0 aliphatic carbocycles. The van der Waals surface area contributed by atoms with Gasteiger partial charge in [-0.1, -0.05) is 24.3 Å². The van der Waals surface area contributed by atoms with Gasteiger partial charge in [-0.25, -0.2) is 9.59 Å². The Morgan fingerprint density at radius 2 is 1.56 bits per heavy atom. The first-order valence-corrected chi connectivity index (χ1v) is 19.3. The molecule has 50 heavy (non-hydrogen) atoms. The zero-order valence-electron chi connectivity index (χ0n) is 28.6. The molecule has 4 heterocycles. The van der Waals surface area contributed by atoms with Gasteiger partial charge in [0.2, 0.25) is 5.91 Å². The first kappa shape index (κ1) is 36.6. The monoisotopic (exact) mass is 815 g/mol. The largest absolute Gasteiger partial charge is 0.465 e. The molecule has 5 amide bonds. The first-order valence-electron chi connectivity index (χ1n) is 17.7. The highest BCUT2D eigenvalue weighted by molar-refractivity contribution is 9.13. The van der Waals surface area contributed by atoms with Crippen LogP contribution in [-0.4, -0.2) is 132 Å². The summed E-state index contributed by atoms with van der Waals surface area (Å²) in [7, 11) is 0. The summed E-state index contributed by atoms with van der Waals surface area (Å²) in [6.45, 7) is 8.82. The Kier molecular flexibility index (Phi) is 12.3. The third-order valence-electron chi connectivity index (χ3n) is 10.4. The number of esters is 1. The third-order valence-corrected chi connectivity index (χ3v) is 12.3. The van der Waals surface area contributed by atoms with Crippen LogP contribution in [0.15, 0.2) is 51.4 Å². The van der Waals surface area contributed by atoms with E-state index in [-0.39, 0.29) is 30.0 Å². The Labute approximate surface area is 311 Å². The molecule has 270 valence electrons. The van der Waals surface area contributed by atoms with Crippen molar-refractivity contribution in [3.8, 4) is 0 Å². The van der Waals surface area contributed by atoms with Gasteiger partial charge in [-0.3, -0.25) is 19.4 Å². The van der Waals surface area contributed by atoms with E-state index in [0.717, 1.165) is 64.8 Å². The average molecular weight is 818 g/mol. The standard InChI is InChI=1S/C36H47Br2N7O5/c1-2-50-33(46)24-41-17-19-42(20-18-41)27-9-13-43(14-10-27)34(47)32(22-25-7-8-29(37)30(38)21-25)40-35(48)44-15-11-28(12-16-44)45-23-26-5-3-4-6-31(26)39-36(45)49/h3-8,21,27-28,32H,2,9-20,22-24H2,1H3,(H,39,49)(H,40,48). The number of para-hydroxylation sites is 1. The van der Waals surface area contributed by atoms with Gasteiger partial charge in [-0.2, -0.15) is 0 Å². The number of carbonyl (C=O) groups excluding carboxylic acids is 4. The highest BCUT2D eigenvalue weighted by Crippen LogP contribution is 2.28. The van der Waals surface area contributed by atoms with E-state index in [9.17, 15) is 19.2 Å². The first-order chi connectivity index (χ1) is 24.2. The fourth-order valence-electron chi connectivity index (χ4n) is 7.59. The number of nitrogens with zero attached hydrogens (tertiary/aromatic N) is 5. The number of urea groups is 2. The van der Waals surface area contributed by atoms with Crippen molar-refractivity contribution in [2.45, 2.75) is 63.7 Å². The maximum absolute atomic E-state index is 14.1. The van der Waals surface area contributed by atoms with Crippen molar-refractivity contribution in [1.29, 1.82) is 0 Å². The van der Waals surface area contributed by atoms with Crippen LogP contribution in [0.3, 0.4) is 0 Å². The summed E-state index contributed by atoms with van der Waals surface area (Å²) in [5.74, 6) is -0.235. The summed E-state index contributed by atoms with van der Waals surface area (Å²) in [5, 5.41) is 6.11. The average Bonchev–Trinajstić information content (AvgIpc) is 3.13. The van der Waals surface area contributed by atoms with Crippen LogP contribution in [-0.2, 0) is 27.3 Å². The quantitative estimate of drug-likeness (QED) is 0.358. The summed E-state index contributed by atoms with van der Waals surface area (Å²) in [6.07, 6.45) is 3.47. The van der Waals surface area contributed by atoms with E-state index in [1.165, 1.54) is 0 Å². The molecule has 1 unspecified atom stereocenters. The molecule has 12 nitrogen and oxygen atoms in total. The van der Waals surface area contributed by atoms with Crippen LogP contribution in [0.25, 0.3) is 0 Å². The van der Waals surface area contributed by atoms with Crippen molar-refractivity contribution < 1.29 is 23.9 Å². The SMILES string of the molecule is CCOC(=O)CN1CCN(C2CCN(C(=O)C(Cc3ccc(Br)c(Br)c3)NC(=O)N3CCC(N4Cc5ccccc5NC4=O)CC3)CC2)CC1. The Balaban J connectivity index is 1.03. The van der Waals surface area contributed by atoms with Crippen molar-refractivity contribution in [2.75, 3.05) is 70.8 Å². The Morgan fingerprint density at radius 1 is 0.880 bits per heavy atom. The van der Waals surface area contributed by atoms with Gasteiger partial charge >= 0.3 is 18.0 Å². The number of halogens is 2. The topological polar surface area (TPSA) is 118 Å². The normalized spacial score (nSPS) is 20.2. The number of hydrogen-bond acceptors (Lipinski definition) is 7. The lowest BCUT2D eigenvalue weighted by Crippen LogP contribution is -2.58. The summed E-state index contributed by atoms with van der Waals surface area (Å²) in [4.78, 5) is 62.8. The lowest BCUT2D eigenvalue weighted by Gasteiger charge is -2.43. The van der Waals surface area contributed by atoms with Gasteiger partial charge in [0.15, 0.2) is 0 Å². The molecule has 3 saturated heterocycles. The fourth-order valence-corrected chi connectivity index (χ4v) is 8.26. The molecule has 0 spiro atoms. The molecule has 3 fully saturated rings. The smallest absolute Gasteiger partial charge is 0.322 e. The number of nitrogens with one attached hydrogen (secondary N) is 2. The minimum absolute atomic E-state index is 0.0341. The molecule has 6 rings (SSSR count). The molecule has 1 atom stereocenters. The van der Waals surface area contributed by atoms with Gasteiger partial charge < -0.3 is 30.1 Å². The zero-order valence-corrected chi connectivity index (χ0v) is 31.8. The van der Waals surface area contributed by atoms with Crippen LogP contribution in [0, 0.1) is 0 Å². The number of piperazine rings is 1. The van der Waals surface area contributed by atoms with E-state index >= 15 is 0 Å². The minimum atomic E-state index is -0.708. The van der Waals surface area contributed by atoms with Crippen LogP contribution in [0.2, 0.25) is 0 Å². The van der Waals surface area contributed by atoms with Crippen molar-refractivity contribution in [1.82, 2.24) is 29.8 Å². The Morgan fingerprint density at radius 3 is 2.26 bits per heavy atom. The van der Waals surface area contributed by atoms with Crippen molar-refractivity contribution in [2.24, 2.45) is 0 Å². The maximum atomic E-state index is 14.1. The third kappa shape index (κ3) is 8.99. The van der Waals surface area contributed by atoms with E-state index in [1.807, 2.05) is 59.2 Å². The number of carbonyl (C=O) groups is 4. The summed E-state index contributed by atoms with van der Waals surface area (Å²) in [6, 6.07) is 13.1. The second-order valence-corrected chi connectivity index (χ2v) is 15.3. The molecule has 4 aliphatic rings. The number of rotatable bonds is 9. The number of likely N-dealkylation sites (tertiary alicyclic amines) is 2. The van der Waals surface area contributed by atoms with Gasteiger partial charge in [0, 0.05) is 92.0 Å². The number of amides is 5. The van der Waals surface area contributed by atoms with Crippen LogP contribution >= 0.6 is 31.9 Å². The van der Waals surface area contributed by atoms with Crippen molar-refractivity contribution >= 4 is 61.5 Å². The van der Waals surface area contributed by atoms with Crippen LogP contribution in [0.4, 0.5) is 15.3 Å². The molecule has 0 aromatic heterocycles. The number of fused-ring (bicyclic) bond motifs is 1. The van der Waals surface area contributed by atoms with Gasteiger partial charge in [0.1, 0.15) is 6.04 Å². The lowest BCUT2D eigenvalue weighted by molar-refractivity contribution is -0.144. The maximum Gasteiger partial charge on any atom is 0.322 e. The van der Waals surface area contributed by atoms with Gasteiger partial charge in [0.25, 0.3) is 0 Å². The number of hydrogen-bond donors (Lipinski definition) is 2. The second kappa shape index (κ2) is 16.9. The predicted octanol–water partition coefficient (Wildman–Crippen LogP) is 4.52. The minimum Gasteiger partial charge on any atom is -0.465 e. The Hall–Kier alpha value is -3.20. The van der Waals surface area contributed by atoms with Gasteiger partial charge in [-0.05, 0) is 93.8 Å². The molecular formula is C36H47Br2N7O5. The molecule has 0 radical (unpaired) electrons. The van der Waals surface area contributed by atoms with E-state index in [4.69, 9.17) is 4.74 Å². The number of anilines is 1. The van der Waals surface area contributed by atoms with Gasteiger partial charge in [0.05, 0.1) is 13.2 Å². The van der Waals surface area contributed by atoms with E-state index in [0.29, 0.717) is 71.2 Å². The second-order valence-electron chi connectivity index (χ2n) is 13.6. The highest BCUT2D eigenvalue weighted by Gasteiger charge is 2.36. The molecule has 14 heteroatoms. The molecule has 4 aliphatic heterocycles. The van der Waals surface area contributed by atoms with E-state index in [2.05, 4.69) is 52.3 Å². The van der Waals surface area contributed by atoms with Crippen LogP contribution in [0.1, 0.15) is 43.7 Å².